The van der Waals surface area contributed by atoms with E-state index in [0.29, 0.717) is 0 Å². The van der Waals surface area contributed by atoms with Gasteiger partial charge in [0.05, 0.1) is 16.7 Å². The first-order valence-corrected chi connectivity index (χ1v) is 17.3. The van der Waals surface area contributed by atoms with Crippen molar-refractivity contribution >= 4 is 55.1 Å². The highest BCUT2D eigenvalue weighted by molar-refractivity contribution is 6.14. The van der Waals surface area contributed by atoms with Gasteiger partial charge in [0.15, 0.2) is 0 Å². The Bertz CT molecular complexity index is 2750. The van der Waals surface area contributed by atoms with Crippen molar-refractivity contribution in [2.45, 2.75) is 13.1 Å². The van der Waals surface area contributed by atoms with E-state index >= 15 is 0 Å². The van der Waals surface area contributed by atoms with Gasteiger partial charge in [0, 0.05) is 44.0 Å². The minimum Gasteiger partial charge on any atom is -0.455 e. The summed E-state index contributed by atoms with van der Waals surface area (Å²) in [5.41, 5.74) is 12.2. The molecule has 0 fully saturated rings. The van der Waals surface area contributed by atoms with E-state index < -0.39 is 0 Å². The zero-order valence-corrected chi connectivity index (χ0v) is 28.3. The van der Waals surface area contributed by atoms with Crippen LogP contribution in [0.1, 0.15) is 24.2 Å². The third-order valence-electron chi connectivity index (χ3n) is 9.62. The predicted molar refractivity (Wildman–Crippen MR) is 214 cm³/mol. The van der Waals surface area contributed by atoms with Crippen LogP contribution in [0.3, 0.4) is 0 Å². The zero-order chi connectivity index (χ0) is 34.3. The maximum Gasteiger partial charge on any atom is 0.145 e. The smallest absolute Gasteiger partial charge is 0.145 e. The zero-order valence-electron chi connectivity index (χ0n) is 28.3. The largest absolute Gasteiger partial charge is 0.455 e. The van der Waals surface area contributed by atoms with E-state index in [1.807, 2.05) is 55.5 Å². The quantitative estimate of drug-likeness (QED) is 0.165. The van der Waals surface area contributed by atoms with Crippen molar-refractivity contribution < 1.29 is 4.42 Å². The summed E-state index contributed by atoms with van der Waals surface area (Å²) in [5.74, 6) is 0. The highest BCUT2D eigenvalue weighted by atomic mass is 16.3. The van der Waals surface area contributed by atoms with Crippen molar-refractivity contribution in [2.75, 3.05) is 5.32 Å². The van der Waals surface area contributed by atoms with Crippen LogP contribution >= 0.6 is 0 Å². The normalized spacial score (nSPS) is 12.5. The molecular weight excluding hydrogens is 623 g/mol. The number of rotatable bonds is 8. The molecule has 244 valence electrons. The summed E-state index contributed by atoms with van der Waals surface area (Å²) >= 11 is 0. The number of nitrogens with zero attached hydrogens (tertiary/aromatic N) is 2. The molecule has 0 bridgehead atoms. The van der Waals surface area contributed by atoms with E-state index in [4.69, 9.17) is 9.41 Å². The molecule has 51 heavy (non-hydrogen) atoms. The summed E-state index contributed by atoms with van der Waals surface area (Å²) in [7, 11) is 0. The van der Waals surface area contributed by atoms with Gasteiger partial charge in [-0.1, -0.05) is 128 Å². The minimum atomic E-state index is -0.358. The van der Waals surface area contributed by atoms with Gasteiger partial charge >= 0.3 is 0 Å². The molecule has 1 N–H and O–H groups in total. The topological polar surface area (TPSA) is 42.5 Å². The van der Waals surface area contributed by atoms with Crippen LogP contribution in [0.2, 0.25) is 0 Å². The summed E-state index contributed by atoms with van der Waals surface area (Å²) < 4.78 is 8.79. The van der Waals surface area contributed by atoms with Gasteiger partial charge in [-0.25, -0.2) is 0 Å². The van der Waals surface area contributed by atoms with Crippen LogP contribution in [0, 0.1) is 0 Å². The number of furan rings is 1. The first-order chi connectivity index (χ1) is 25.1. The molecule has 2 aromatic heterocycles. The maximum absolute atomic E-state index is 6.43. The summed E-state index contributed by atoms with van der Waals surface area (Å²) in [6.07, 6.45) is -0.358. The lowest BCUT2D eigenvalue weighted by Crippen LogP contribution is -2.13. The van der Waals surface area contributed by atoms with Crippen LogP contribution in [0.4, 0.5) is 5.69 Å². The molecule has 0 spiro atoms. The monoisotopic (exact) mass is 657 g/mol. The van der Waals surface area contributed by atoms with Crippen LogP contribution in [-0.4, -0.2) is 10.3 Å². The fraction of sp³-hybridized carbons (Fsp3) is 0.0426. The van der Waals surface area contributed by atoms with Crippen LogP contribution < -0.4 is 5.32 Å². The summed E-state index contributed by atoms with van der Waals surface area (Å²) in [6, 6.07) is 59.3. The number of aliphatic imine (C=N–C) groups is 1. The molecule has 4 nitrogen and oxygen atoms in total. The average Bonchev–Trinajstić information content (AvgIpc) is 3.73. The second-order valence-corrected chi connectivity index (χ2v) is 13.0. The molecule has 0 saturated carbocycles. The number of anilines is 1. The van der Waals surface area contributed by atoms with Gasteiger partial charge in [-0.3, -0.25) is 4.99 Å². The van der Waals surface area contributed by atoms with E-state index in [-0.39, 0.29) is 6.17 Å². The summed E-state index contributed by atoms with van der Waals surface area (Å²) in [5, 5.41) is 8.35. The van der Waals surface area contributed by atoms with Crippen molar-refractivity contribution in [3.8, 4) is 16.8 Å². The Morgan fingerprint density at radius 2 is 1.31 bits per heavy atom. The summed E-state index contributed by atoms with van der Waals surface area (Å²) in [6.45, 7) is 6.32. The first-order valence-electron chi connectivity index (χ1n) is 17.3. The van der Waals surface area contributed by atoms with Crippen LogP contribution in [-0.2, 0) is 0 Å². The Morgan fingerprint density at radius 3 is 2.14 bits per heavy atom. The third kappa shape index (κ3) is 5.48. The van der Waals surface area contributed by atoms with Gasteiger partial charge in [-0.05, 0) is 72.2 Å². The third-order valence-corrected chi connectivity index (χ3v) is 9.62. The molecule has 1 atom stereocenters. The molecule has 0 amide bonds. The van der Waals surface area contributed by atoms with Crippen molar-refractivity contribution in [1.82, 2.24) is 4.57 Å². The van der Waals surface area contributed by atoms with Crippen LogP contribution in [0.5, 0.6) is 0 Å². The molecule has 0 saturated heterocycles. The number of hydrogen-bond donors (Lipinski definition) is 1. The number of fused-ring (bicyclic) bond motifs is 6. The van der Waals surface area contributed by atoms with Crippen molar-refractivity contribution in [3.63, 3.8) is 0 Å². The Morgan fingerprint density at radius 1 is 0.627 bits per heavy atom. The Balaban J connectivity index is 1.19. The van der Waals surface area contributed by atoms with E-state index in [1.54, 1.807) is 0 Å². The molecule has 1 unspecified atom stereocenters. The number of allylic oxidation sites excluding steroid dienone is 1. The molecule has 4 heteroatoms. The Kier molecular flexibility index (Phi) is 7.55. The molecule has 0 radical (unpaired) electrons. The van der Waals surface area contributed by atoms with Crippen LogP contribution in [0.15, 0.2) is 191 Å². The maximum atomic E-state index is 6.43. The second-order valence-electron chi connectivity index (χ2n) is 13.0. The molecule has 0 aliphatic carbocycles. The van der Waals surface area contributed by atoms with E-state index in [1.165, 1.54) is 10.8 Å². The van der Waals surface area contributed by atoms with Crippen molar-refractivity contribution in [2.24, 2.45) is 4.99 Å². The van der Waals surface area contributed by atoms with E-state index in [2.05, 4.69) is 138 Å². The number of aromatic nitrogens is 1. The standard InChI is InChI=1S/C47H35N3O/c1-31(2)45(32-15-5-3-6-16-32)49-47(48-35-18-7-4-8-19-35)34-17-13-20-36(29-34)50-42-25-11-9-21-38(42)41-30-33(27-28-43(41)50)37-23-14-24-40-39-22-10-12-26-44(39)51-46(37)40/h3-30,47-48H,1H2,2H3. The van der Waals surface area contributed by atoms with Gasteiger partial charge in [0.1, 0.15) is 17.3 Å². The van der Waals surface area contributed by atoms with Crippen LogP contribution in [0.25, 0.3) is 60.6 Å². The highest BCUT2D eigenvalue weighted by Crippen LogP contribution is 2.39. The SMILES string of the molecule is C=C(C)C(=NC(Nc1ccccc1)c1cccc(-n2c3ccccc3c3cc(-c4cccc5c4oc4ccccc45)ccc32)c1)c1ccccc1. The first kappa shape index (κ1) is 30.4. The number of benzene rings is 7. The lowest BCUT2D eigenvalue weighted by molar-refractivity contribution is 0.670. The predicted octanol–water partition coefficient (Wildman–Crippen LogP) is 12.5. The summed E-state index contributed by atoms with van der Waals surface area (Å²) in [4.78, 5) is 5.33. The van der Waals surface area contributed by atoms with E-state index in [0.717, 1.165) is 77.9 Å². The molecule has 9 aromatic rings. The van der Waals surface area contributed by atoms with Gasteiger partial charge in [0.25, 0.3) is 0 Å². The molecule has 2 heterocycles. The van der Waals surface area contributed by atoms with Crippen molar-refractivity contribution in [3.05, 3.63) is 193 Å². The lowest BCUT2D eigenvalue weighted by Gasteiger charge is -2.20. The number of nitrogens with one attached hydrogen (secondary N) is 1. The second kappa shape index (κ2) is 12.7. The van der Waals surface area contributed by atoms with Crippen molar-refractivity contribution in [1.29, 1.82) is 0 Å². The van der Waals surface area contributed by atoms with Gasteiger partial charge in [0.2, 0.25) is 0 Å². The lowest BCUT2D eigenvalue weighted by atomic mass is 10.0. The average molecular weight is 658 g/mol. The highest BCUT2D eigenvalue weighted by Gasteiger charge is 2.19. The number of hydrogen-bond acceptors (Lipinski definition) is 3. The molecule has 0 aliphatic rings. The van der Waals surface area contributed by atoms with Gasteiger partial charge < -0.3 is 14.3 Å². The molecule has 9 rings (SSSR count). The van der Waals surface area contributed by atoms with Gasteiger partial charge in [-0.2, -0.15) is 0 Å². The Labute approximate surface area is 296 Å². The minimum absolute atomic E-state index is 0.358. The fourth-order valence-corrected chi connectivity index (χ4v) is 7.27. The van der Waals surface area contributed by atoms with Gasteiger partial charge in [-0.15, -0.1) is 0 Å². The Hall–Kier alpha value is -6.65. The fourth-order valence-electron chi connectivity index (χ4n) is 7.27. The molecule has 7 aromatic carbocycles. The number of para-hydroxylation sites is 4. The molecular formula is C47H35N3O. The van der Waals surface area contributed by atoms with E-state index in [9.17, 15) is 0 Å². The molecule has 0 aliphatic heterocycles.